The highest BCUT2D eigenvalue weighted by atomic mass is 15.1. The van der Waals surface area contributed by atoms with E-state index in [0.29, 0.717) is 0 Å². The molecule has 2 N–H and O–H groups in total. The van der Waals surface area contributed by atoms with Crippen molar-refractivity contribution in [1.82, 2.24) is 15.5 Å². The lowest BCUT2D eigenvalue weighted by Gasteiger charge is -2.19. The molecule has 2 aromatic carbocycles. The zero-order valence-electron chi connectivity index (χ0n) is 12.8. The molecule has 112 valence electrons. The standard InChI is InChI=1S/C19H21N3/c1-15-18(14-21-22-15)13-20-19(17-10-6-3-7-11-17)12-16-8-4-2-5-9-16/h2-11,14,19-20H,12-13H2,1H3,(H,21,22)/t19-/m1/s1. The topological polar surface area (TPSA) is 40.7 Å². The fourth-order valence-corrected chi connectivity index (χ4v) is 2.63. The molecule has 1 heterocycles. The third kappa shape index (κ3) is 3.62. The van der Waals surface area contributed by atoms with Crippen molar-refractivity contribution in [2.24, 2.45) is 0 Å². The predicted octanol–water partition coefficient (Wildman–Crippen LogP) is 3.79. The number of aryl methyl sites for hydroxylation is 1. The predicted molar refractivity (Wildman–Crippen MR) is 89.5 cm³/mol. The summed E-state index contributed by atoms with van der Waals surface area (Å²) in [4.78, 5) is 0. The zero-order valence-corrected chi connectivity index (χ0v) is 12.8. The summed E-state index contributed by atoms with van der Waals surface area (Å²) in [5.74, 6) is 0. The highest BCUT2D eigenvalue weighted by molar-refractivity contribution is 5.24. The average molecular weight is 291 g/mol. The number of nitrogens with one attached hydrogen (secondary N) is 2. The molecule has 0 saturated heterocycles. The number of nitrogens with zero attached hydrogens (tertiary/aromatic N) is 1. The molecule has 3 rings (SSSR count). The number of rotatable bonds is 6. The number of hydrogen-bond acceptors (Lipinski definition) is 2. The van der Waals surface area contributed by atoms with Gasteiger partial charge in [0, 0.05) is 23.8 Å². The number of benzene rings is 2. The van der Waals surface area contributed by atoms with Crippen LogP contribution >= 0.6 is 0 Å². The average Bonchev–Trinajstić information content (AvgIpc) is 2.98. The van der Waals surface area contributed by atoms with E-state index in [9.17, 15) is 0 Å². The maximum absolute atomic E-state index is 4.09. The van der Waals surface area contributed by atoms with Crippen molar-refractivity contribution in [2.75, 3.05) is 0 Å². The first-order chi connectivity index (χ1) is 10.8. The molecule has 0 aliphatic heterocycles. The Morgan fingerprint density at radius 1 is 1.00 bits per heavy atom. The van der Waals surface area contributed by atoms with E-state index in [1.165, 1.54) is 16.7 Å². The van der Waals surface area contributed by atoms with Crippen LogP contribution in [0.2, 0.25) is 0 Å². The lowest BCUT2D eigenvalue weighted by molar-refractivity contribution is 0.529. The minimum atomic E-state index is 0.290. The Hall–Kier alpha value is -2.39. The van der Waals surface area contributed by atoms with Crippen LogP contribution in [-0.2, 0) is 13.0 Å². The molecule has 0 radical (unpaired) electrons. The minimum absolute atomic E-state index is 0.290. The molecule has 1 atom stereocenters. The Kier molecular flexibility index (Phi) is 4.66. The van der Waals surface area contributed by atoms with Gasteiger partial charge in [0.25, 0.3) is 0 Å². The third-order valence-electron chi connectivity index (χ3n) is 3.96. The minimum Gasteiger partial charge on any atom is -0.305 e. The van der Waals surface area contributed by atoms with Crippen molar-refractivity contribution in [1.29, 1.82) is 0 Å². The summed E-state index contributed by atoms with van der Waals surface area (Å²) >= 11 is 0. The van der Waals surface area contributed by atoms with Crippen LogP contribution in [0.4, 0.5) is 0 Å². The summed E-state index contributed by atoms with van der Waals surface area (Å²) in [6.07, 6.45) is 2.87. The van der Waals surface area contributed by atoms with Crippen LogP contribution in [0.1, 0.15) is 28.4 Å². The van der Waals surface area contributed by atoms with E-state index in [4.69, 9.17) is 0 Å². The lowest BCUT2D eigenvalue weighted by atomic mass is 9.98. The Labute approximate surface area is 131 Å². The van der Waals surface area contributed by atoms with E-state index in [1.807, 2.05) is 6.20 Å². The van der Waals surface area contributed by atoms with Crippen LogP contribution in [0.5, 0.6) is 0 Å². The van der Waals surface area contributed by atoms with Gasteiger partial charge in [-0.1, -0.05) is 60.7 Å². The number of aromatic amines is 1. The van der Waals surface area contributed by atoms with Crippen LogP contribution in [-0.4, -0.2) is 10.2 Å². The number of hydrogen-bond donors (Lipinski definition) is 2. The van der Waals surface area contributed by atoms with Crippen LogP contribution < -0.4 is 5.32 Å². The molecule has 0 saturated carbocycles. The molecular weight excluding hydrogens is 270 g/mol. The van der Waals surface area contributed by atoms with Gasteiger partial charge in [-0.15, -0.1) is 0 Å². The van der Waals surface area contributed by atoms with Gasteiger partial charge in [0.2, 0.25) is 0 Å². The maximum atomic E-state index is 4.09. The van der Waals surface area contributed by atoms with Gasteiger partial charge in [-0.25, -0.2) is 0 Å². The summed E-state index contributed by atoms with van der Waals surface area (Å²) in [5, 5.41) is 10.8. The highest BCUT2D eigenvalue weighted by Crippen LogP contribution is 2.19. The summed E-state index contributed by atoms with van der Waals surface area (Å²) in [6.45, 7) is 2.87. The molecule has 0 amide bonds. The molecule has 0 bridgehead atoms. The van der Waals surface area contributed by atoms with Crippen molar-refractivity contribution in [3.8, 4) is 0 Å². The molecule has 0 spiro atoms. The van der Waals surface area contributed by atoms with Crippen molar-refractivity contribution >= 4 is 0 Å². The molecule has 3 nitrogen and oxygen atoms in total. The first kappa shape index (κ1) is 14.5. The molecule has 1 aromatic heterocycles. The van der Waals surface area contributed by atoms with Crippen molar-refractivity contribution in [3.05, 3.63) is 89.2 Å². The lowest BCUT2D eigenvalue weighted by Crippen LogP contribution is -2.23. The second kappa shape index (κ2) is 7.05. The summed E-state index contributed by atoms with van der Waals surface area (Å²) in [6, 6.07) is 21.5. The molecule has 0 aliphatic rings. The van der Waals surface area contributed by atoms with Gasteiger partial charge in [-0.05, 0) is 24.5 Å². The Balaban J connectivity index is 1.76. The summed E-state index contributed by atoms with van der Waals surface area (Å²) in [5.41, 5.74) is 4.99. The molecular formula is C19H21N3. The first-order valence-electron chi connectivity index (χ1n) is 7.64. The van der Waals surface area contributed by atoms with Crippen LogP contribution in [0.25, 0.3) is 0 Å². The second-order valence-electron chi connectivity index (χ2n) is 5.55. The largest absolute Gasteiger partial charge is 0.305 e. The normalized spacial score (nSPS) is 12.2. The second-order valence-corrected chi connectivity index (χ2v) is 5.55. The monoisotopic (exact) mass is 291 g/mol. The van der Waals surface area contributed by atoms with Gasteiger partial charge in [0.15, 0.2) is 0 Å². The molecule has 0 aliphatic carbocycles. The van der Waals surface area contributed by atoms with Crippen LogP contribution in [0.3, 0.4) is 0 Å². The van der Waals surface area contributed by atoms with E-state index >= 15 is 0 Å². The van der Waals surface area contributed by atoms with E-state index in [1.54, 1.807) is 0 Å². The Bertz CT molecular complexity index is 689. The fraction of sp³-hybridized carbons (Fsp3) is 0.211. The van der Waals surface area contributed by atoms with Crippen molar-refractivity contribution < 1.29 is 0 Å². The van der Waals surface area contributed by atoms with Gasteiger partial charge in [-0.3, -0.25) is 5.10 Å². The van der Waals surface area contributed by atoms with E-state index in [2.05, 4.69) is 83.1 Å². The van der Waals surface area contributed by atoms with E-state index < -0.39 is 0 Å². The van der Waals surface area contributed by atoms with Gasteiger partial charge < -0.3 is 5.32 Å². The Morgan fingerprint density at radius 2 is 1.68 bits per heavy atom. The number of H-pyrrole nitrogens is 1. The summed E-state index contributed by atoms with van der Waals surface area (Å²) < 4.78 is 0. The molecule has 0 unspecified atom stereocenters. The van der Waals surface area contributed by atoms with Gasteiger partial charge >= 0.3 is 0 Å². The van der Waals surface area contributed by atoms with Gasteiger partial charge in [-0.2, -0.15) is 5.10 Å². The smallest absolute Gasteiger partial charge is 0.0535 e. The fourth-order valence-electron chi connectivity index (χ4n) is 2.63. The SMILES string of the molecule is Cc1[nH]ncc1CN[C@H](Cc1ccccc1)c1ccccc1. The third-order valence-corrected chi connectivity index (χ3v) is 3.96. The summed E-state index contributed by atoms with van der Waals surface area (Å²) in [7, 11) is 0. The van der Waals surface area contributed by atoms with Gasteiger partial charge in [0.1, 0.15) is 0 Å². The molecule has 22 heavy (non-hydrogen) atoms. The Morgan fingerprint density at radius 3 is 2.32 bits per heavy atom. The zero-order chi connectivity index (χ0) is 15.2. The van der Waals surface area contributed by atoms with Crippen LogP contribution in [0.15, 0.2) is 66.9 Å². The van der Waals surface area contributed by atoms with Crippen LogP contribution in [0, 0.1) is 6.92 Å². The van der Waals surface area contributed by atoms with E-state index in [-0.39, 0.29) is 6.04 Å². The molecule has 0 fully saturated rings. The highest BCUT2D eigenvalue weighted by Gasteiger charge is 2.12. The van der Waals surface area contributed by atoms with Crippen molar-refractivity contribution in [2.45, 2.75) is 25.9 Å². The van der Waals surface area contributed by atoms with E-state index in [0.717, 1.165) is 18.7 Å². The van der Waals surface area contributed by atoms with Crippen molar-refractivity contribution in [3.63, 3.8) is 0 Å². The molecule has 3 heteroatoms. The number of aromatic nitrogens is 2. The quantitative estimate of drug-likeness (QED) is 0.725. The maximum Gasteiger partial charge on any atom is 0.0535 e. The van der Waals surface area contributed by atoms with Gasteiger partial charge in [0.05, 0.1) is 6.20 Å². The first-order valence-corrected chi connectivity index (χ1v) is 7.64. The molecule has 3 aromatic rings.